The molecule has 0 aliphatic carbocycles. The van der Waals surface area contributed by atoms with Crippen molar-refractivity contribution >= 4 is 38.6 Å². The maximum Gasteiger partial charge on any atom is 0.223 e. The zero-order valence-corrected chi connectivity index (χ0v) is 13.0. The van der Waals surface area contributed by atoms with Crippen LogP contribution in [0.3, 0.4) is 0 Å². The van der Waals surface area contributed by atoms with Gasteiger partial charge in [-0.1, -0.05) is 19.1 Å². The molecule has 0 amide bonds. The molecule has 5 nitrogen and oxygen atoms in total. The first-order valence-electron chi connectivity index (χ1n) is 5.44. The predicted octanol–water partition coefficient (Wildman–Crippen LogP) is 1.28. The van der Waals surface area contributed by atoms with Crippen LogP contribution in [0.4, 0.5) is 0 Å². The van der Waals surface area contributed by atoms with Gasteiger partial charge in [0.15, 0.2) is 0 Å². The van der Waals surface area contributed by atoms with Gasteiger partial charge in [-0.3, -0.25) is 0 Å². The van der Waals surface area contributed by atoms with Crippen molar-refractivity contribution in [1.82, 2.24) is 9.29 Å². The van der Waals surface area contributed by atoms with Crippen molar-refractivity contribution in [1.29, 1.82) is 0 Å². The van der Waals surface area contributed by atoms with Gasteiger partial charge in [0, 0.05) is 18.5 Å². The van der Waals surface area contributed by atoms with E-state index in [1.54, 1.807) is 12.4 Å². The lowest BCUT2D eigenvalue weighted by Gasteiger charge is -2.22. The number of hydrogen-bond acceptors (Lipinski definition) is 5. The van der Waals surface area contributed by atoms with Crippen molar-refractivity contribution in [2.24, 2.45) is 5.73 Å². The normalized spacial score (nSPS) is 13.8. The lowest BCUT2D eigenvalue weighted by Crippen LogP contribution is -2.42. The maximum absolute atomic E-state index is 12.3. The lowest BCUT2D eigenvalue weighted by atomic mass is 10.3. The van der Waals surface area contributed by atoms with Crippen molar-refractivity contribution in [3.05, 3.63) is 16.1 Å². The van der Waals surface area contributed by atoms with Gasteiger partial charge in [-0.15, -0.1) is 11.3 Å². The molecule has 1 rings (SSSR count). The van der Waals surface area contributed by atoms with E-state index in [-0.39, 0.29) is 4.99 Å². The molecule has 1 aromatic rings. The fraction of sp³-hybridized carbons (Fsp3) is 0.600. The molecule has 1 unspecified atom stereocenters. The van der Waals surface area contributed by atoms with E-state index in [0.717, 1.165) is 10.6 Å². The van der Waals surface area contributed by atoms with E-state index >= 15 is 0 Å². The maximum atomic E-state index is 12.3. The lowest BCUT2D eigenvalue weighted by molar-refractivity contribution is 0.463. The fourth-order valence-corrected chi connectivity index (χ4v) is 4.45. The van der Waals surface area contributed by atoms with Crippen molar-refractivity contribution in [2.75, 3.05) is 7.05 Å². The van der Waals surface area contributed by atoms with Gasteiger partial charge in [0.2, 0.25) is 10.0 Å². The van der Waals surface area contributed by atoms with Crippen LogP contribution in [0.25, 0.3) is 0 Å². The Bertz CT molecular complexity index is 524. The summed E-state index contributed by atoms with van der Waals surface area (Å²) >= 11 is 6.26. The third-order valence-corrected chi connectivity index (χ3v) is 6.35. The van der Waals surface area contributed by atoms with Gasteiger partial charge in [-0.05, 0) is 13.3 Å². The summed E-state index contributed by atoms with van der Waals surface area (Å²) in [5, 5.41) is -0.800. The summed E-state index contributed by atoms with van der Waals surface area (Å²) in [4.78, 5) is 5.05. The van der Waals surface area contributed by atoms with Crippen molar-refractivity contribution in [2.45, 2.75) is 32.1 Å². The number of hydrogen-bond donors (Lipinski definition) is 1. The van der Waals surface area contributed by atoms with Gasteiger partial charge in [0.25, 0.3) is 0 Å². The molecule has 2 N–H and O–H groups in total. The summed E-state index contributed by atoms with van der Waals surface area (Å²) in [6.45, 7) is 3.92. The highest BCUT2D eigenvalue weighted by atomic mass is 32.2. The number of nitrogens with two attached hydrogens (primary N) is 1. The van der Waals surface area contributed by atoms with E-state index in [1.165, 1.54) is 22.7 Å². The topological polar surface area (TPSA) is 76.3 Å². The zero-order valence-electron chi connectivity index (χ0n) is 10.6. The number of aryl methyl sites for hydroxylation is 1. The second-order valence-corrected chi connectivity index (χ2v) is 7.59. The monoisotopic (exact) mass is 307 g/mol. The minimum Gasteiger partial charge on any atom is -0.392 e. The predicted molar refractivity (Wildman–Crippen MR) is 78.1 cm³/mol. The molecule has 0 aliphatic heterocycles. The van der Waals surface area contributed by atoms with E-state index in [0.29, 0.717) is 13.0 Å². The summed E-state index contributed by atoms with van der Waals surface area (Å²) in [5.41, 5.74) is 8.05. The molecule has 1 atom stereocenters. The van der Waals surface area contributed by atoms with E-state index in [4.69, 9.17) is 18.0 Å². The Morgan fingerprint density at radius 1 is 1.67 bits per heavy atom. The average Bonchev–Trinajstić information content (AvgIpc) is 2.64. The Labute approximate surface area is 117 Å². The largest absolute Gasteiger partial charge is 0.392 e. The summed E-state index contributed by atoms with van der Waals surface area (Å²) in [7, 11) is -1.96. The summed E-state index contributed by atoms with van der Waals surface area (Å²) in [5.74, 6) is 0. The minimum absolute atomic E-state index is 0.0189. The summed E-state index contributed by atoms with van der Waals surface area (Å²) in [6.07, 6.45) is 0.379. The molecule has 8 heteroatoms. The Morgan fingerprint density at radius 3 is 2.67 bits per heavy atom. The van der Waals surface area contributed by atoms with Gasteiger partial charge in [0.05, 0.1) is 16.2 Å². The Balaban J connectivity index is 2.92. The molecule has 0 spiro atoms. The van der Waals surface area contributed by atoms with Gasteiger partial charge < -0.3 is 5.73 Å². The molecule has 0 saturated heterocycles. The average molecular weight is 307 g/mol. The van der Waals surface area contributed by atoms with Gasteiger partial charge >= 0.3 is 0 Å². The van der Waals surface area contributed by atoms with E-state index in [9.17, 15) is 8.42 Å². The first-order chi connectivity index (χ1) is 8.30. The molecule has 0 fully saturated rings. The molecular formula is C10H17N3O2S3. The third kappa shape index (κ3) is 3.25. The Kier molecular flexibility index (Phi) is 5.20. The summed E-state index contributed by atoms with van der Waals surface area (Å²) in [6, 6.07) is 0. The molecule has 18 heavy (non-hydrogen) atoms. The van der Waals surface area contributed by atoms with E-state index in [2.05, 4.69) is 4.98 Å². The van der Waals surface area contributed by atoms with Crippen LogP contribution in [0, 0.1) is 6.92 Å². The van der Waals surface area contributed by atoms with E-state index < -0.39 is 15.3 Å². The summed E-state index contributed by atoms with van der Waals surface area (Å²) < 4.78 is 25.9. The van der Waals surface area contributed by atoms with Crippen molar-refractivity contribution in [3.8, 4) is 0 Å². The SMILES string of the molecule is CCC(C(N)=S)S(=O)(=O)N(C)Cc1scnc1C. The first kappa shape index (κ1) is 15.5. The molecule has 102 valence electrons. The van der Waals surface area contributed by atoms with Gasteiger partial charge in [0.1, 0.15) is 5.25 Å². The Morgan fingerprint density at radius 2 is 2.28 bits per heavy atom. The van der Waals surface area contributed by atoms with Gasteiger partial charge in [-0.25, -0.2) is 13.4 Å². The Hall–Kier alpha value is -0.570. The quantitative estimate of drug-likeness (QED) is 0.801. The number of aromatic nitrogens is 1. The second kappa shape index (κ2) is 6.05. The molecule has 0 radical (unpaired) electrons. The number of nitrogens with zero attached hydrogens (tertiary/aromatic N) is 2. The number of sulfonamides is 1. The smallest absolute Gasteiger partial charge is 0.223 e. The van der Waals surface area contributed by atoms with Crippen molar-refractivity contribution < 1.29 is 8.42 Å². The number of rotatable bonds is 6. The highest BCUT2D eigenvalue weighted by Gasteiger charge is 2.31. The second-order valence-electron chi connectivity index (χ2n) is 3.96. The molecule has 1 heterocycles. The van der Waals surface area contributed by atoms with Crippen LogP contribution < -0.4 is 5.73 Å². The highest BCUT2D eigenvalue weighted by Crippen LogP contribution is 2.19. The van der Waals surface area contributed by atoms with Crippen LogP contribution in [-0.2, 0) is 16.6 Å². The molecule has 0 aliphatic rings. The molecule has 0 aromatic carbocycles. The molecule has 1 aromatic heterocycles. The fourth-order valence-electron chi connectivity index (χ4n) is 1.55. The van der Waals surface area contributed by atoms with Crippen LogP contribution in [0.15, 0.2) is 5.51 Å². The van der Waals surface area contributed by atoms with Crippen LogP contribution >= 0.6 is 23.6 Å². The first-order valence-corrected chi connectivity index (χ1v) is 8.23. The van der Waals surface area contributed by atoms with Crippen molar-refractivity contribution in [3.63, 3.8) is 0 Å². The molecular weight excluding hydrogens is 290 g/mol. The van der Waals surface area contributed by atoms with Crippen LogP contribution in [0.1, 0.15) is 23.9 Å². The van der Waals surface area contributed by atoms with E-state index in [1.807, 2.05) is 6.92 Å². The van der Waals surface area contributed by atoms with Crippen LogP contribution in [-0.4, -0.2) is 35.0 Å². The number of thiazole rings is 1. The molecule has 0 saturated carbocycles. The van der Waals surface area contributed by atoms with Crippen LogP contribution in [0.2, 0.25) is 0 Å². The zero-order chi connectivity index (χ0) is 13.9. The van der Waals surface area contributed by atoms with Crippen LogP contribution in [0.5, 0.6) is 0 Å². The van der Waals surface area contributed by atoms with Gasteiger partial charge in [-0.2, -0.15) is 4.31 Å². The minimum atomic E-state index is -3.50. The number of thiocarbonyl (C=S) groups is 1. The standard InChI is InChI=1S/C10H17N3O2S3/c1-4-9(10(11)16)18(14,15)13(3)5-8-7(2)12-6-17-8/h6,9H,4-5H2,1-3H3,(H2,11,16). The highest BCUT2D eigenvalue weighted by molar-refractivity contribution is 7.92. The third-order valence-electron chi connectivity index (χ3n) is 2.69. The molecule has 0 bridgehead atoms.